The maximum atomic E-state index is 11.8. The fourth-order valence-corrected chi connectivity index (χ4v) is 1.79. The Balaban J connectivity index is 2.03. The molecule has 1 aromatic heterocycles. The van der Waals surface area contributed by atoms with Crippen molar-refractivity contribution in [2.24, 2.45) is 5.92 Å². The van der Waals surface area contributed by atoms with Gasteiger partial charge in [-0.05, 0) is 30.5 Å². The molecule has 0 fully saturated rings. The molecular formula is C14H16ClN3O2. The Bertz CT molecular complexity index is 596. The Hall–Kier alpha value is -1.88. The van der Waals surface area contributed by atoms with Crippen molar-refractivity contribution in [1.82, 2.24) is 15.5 Å². The molecule has 5 nitrogen and oxygen atoms in total. The van der Waals surface area contributed by atoms with Gasteiger partial charge in [-0.3, -0.25) is 4.79 Å². The predicted molar refractivity (Wildman–Crippen MR) is 76.5 cm³/mol. The number of nitrogens with zero attached hydrogens (tertiary/aromatic N) is 2. The van der Waals surface area contributed by atoms with E-state index in [1.165, 1.54) is 0 Å². The summed E-state index contributed by atoms with van der Waals surface area (Å²) in [7, 11) is 0. The van der Waals surface area contributed by atoms with Crippen LogP contribution in [0, 0.1) is 5.92 Å². The Morgan fingerprint density at radius 2 is 2.20 bits per heavy atom. The van der Waals surface area contributed by atoms with Gasteiger partial charge in [0.1, 0.15) is 0 Å². The van der Waals surface area contributed by atoms with E-state index in [0.29, 0.717) is 23.0 Å². The van der Waals surface area contributed by atoms with Gasteiger partial charge in [-0.25, -0.2) is 0 Å². The van der Waals surface area contributed by atoms with Crippen molar-refractivity contribution in [1.29, 1.82) is 0 Å². The first kappa shape index (κ1) is 14.5. The van der Waals surface area contributed by atoms with E-state index in [4.69, 9.17) is 16.0 Å². The van der Waals surface area contributed by atoms with Crippen LogP contribution in [0.1, 0.15) is 31.0 Å². The van der Waals surface area contributed by atoms with Gasteiger partial charge in [0, 0.05) is 17.1 Å². The first-order valence-electron chi connectivity index (χ1n) is 6.44. The molecule has 1 heterocycles. The zero-order valence-corrected chi connectivity index (χ0v) is 12.1. The molecule has 1 N–H and O–H groups in total. The molecule has 0 aliphatic rings. The molecule has 20 heavy (non-hydrogen) atoms. The van der Waals surface area contributed by atoms with Crippen LogP contribution in [0.15, 0.2) is 28.7 Å². The van der Waals surface area contributed by atoms with Crippen molar-refractivity contribution in [2.45, 2.75) is 20.3 Å². The van der Waals surface area contributed by atoms with E-state index < -0.39 is 0 Å². The van der Waals surface area contributed by atoms with Crippen molar-refractivity contribution in [3.05, 3.63) is 35.2 Å². The molecule has 0 atom stereocenters. The average molecular weight is 294 g/mol. The summed E-state index contributed by atoms with van der Waals surface area (Å²) in [6, 6.07) is 7.03. The van der Waals surface area contributed by atoms with Crippen LogP contribution in [0.3, 0.4) is 0 Å². The highest BCUT2D eigenvalue weighted by atomic mass is 35.5. The fourth-order valence-electron chi connectivity index (χ4n) is 1.60. The number of hydrogen-bond acceptors (Lipinski definition) is 4. The van der Waals surface area contributed by atoms with Gasteiger partial charge in [0.15, 0.2) is 0 Å². The first-order chi connectivity index (χ1) is 9.56. The minimum Gasteiger partial charge on any atom is -0.412 e. The van der Waals surface area contributed by atoms with Crippen LogP contribution >= 0.6 is 11.6 Å². The first-order valence-corrected chi connectivity index (χ1v) is 6.81. The van der Waals surface area contributed by atoms with Gasteiger partial charge in [0.05, 0.1) is 0 Å². The number of hydrogen-bond donors (Lipinski definition) is 1. The molecular weight excluding hydrogens is 278 g/mol. The monoisotopic (exact) mass is 293 g/mol. The molecule has 0 radical (unpaired) electrons. The number of carbonyl (C=O) groups excluding carboxylic acids is 1. The lowest BCUT2D eigenvalue weighted by molar-refractivity contribution is 0.0918. The van der Waals surface area contributed by atoms with Gasteiger partial charge in [0.25, 0.3) is 0 Å². The van der Waals surface area contributed by atoms with Gasteiger partial charge in [-0.15, -0.1) is 10.2 Å². The fraction of sp³-hybridized carbons (Fsp3) is 0.357. The molecule has 0 spiro atoms. The van der Waals surface area contributed by atoms with Crippen molar-refractivity contribution in [2.75, 3.05) is 6.54 Å². The summed E-state index contributed by atoms with van der Waals surface area (Å²) < 4.78 is 5.35. The summed E-state index contributed by atoms with van der Waals surface area (Å²) >= 11 is 5.89. The molecule has 2 rings (SSSR count). The van der Waals surface area contributed by atoms with E-state index in [1.54, 1.807) is 24.3 Å². The van der Waals surface area contributed by atoms with E-state index in [-0.39, 0.29) is 17.7 Å². The number of carbonyl (C=O) groups is 1. The second-order valence-corrected chi connectivity index (χ2v) is 5.30. The van der Waals surface area contributed by atoms with Crippen LogP contribution < -0.4 is 5.32 Å². The molecule has 0 saturated carbocycles. The Labute approximate surface area is 122 Å². The molecule has 0 aliphatic carbocycles. The minimum absolute atomic E-state index is 0.0382. The van der Waals surface area contributed by atoms with Crippen LogP contribution in [0.2, 0.25) is 5.02 Å². The molecule has 106 valence electrons. The highest BCUT2D eigenvalue weighted by molar-refractivity contribution is 6.30. The van der Waals surface area contributed by atoms with Crippen LogP contribution in [-0.2, 0) is 0 Å². The number of aromatic nitrogens is 2. The van der Waals surface area contributed by atoms with Crippen LogP contribution in [-0.4, -0.2) is 22.6 Å². The summed E-state index contributed by atoms with van der Waals surface area (Å²) in [6.07, 6.45) is 0.904. The van der Waals surface area contributed by atoms with E-state index in [0.717, 1.165) is 6.42 Å². The summed E-state index contributed by atoms with van der Waals surface area (Å²) in [6.45, 7) is 4.78. The number of nitrogens with one attached hydrogen (secondary N) is 1. The van der Waals surface area contributed by atoms with Gasteiger partial charge in [-0.2, -0.15) is 0 Å². The standard InChI is InChI=1S/C14H16ClN3O2/c1-9(2)6-7-16-12(19)14-18-17-13(20-14)10-4-3-5-11(15)8-10/h3-5,8-9H,6-7H2,1-2H3,(H,16,19). The van der Waals surface area contributed by atoms with Crippen molar-refractivity contribution in [3.63, 3.8) is 0 Å². The molecule has 6 heteroatoms. The summed E-state index contributed by atoms with van der Waals surface area (Å²) in [5.74, 6) is 0.414. The van der Waals surface area contributed by atoms with Crippen LogP contribution in [0.4, 0.5) is 0 Å². The topological polar surface area (TPSA) is 68.0 Å². The zero-order chi connectivity index (χ0) is 14.5. The normalized spacial score (nSPS) is 10.8. The maximum absolute atomic E-state index is 11.8. The largest absolute Gasteiger partial charge is 0.412 e. The third kappa shape index (κ3) is 3.81. The minimum atomic E-state index is -0.355. The average Bonchev–Trinajstić information content (AvgIpc) is 2.87. The lowest BCUT2D eigenvalue weighted by Gasteiger charge is -2.04. The summed E-state index contributed by atoms with van der Waals surface area (Å²) in [5, 5.41) is 10.9. The number of halogens is 1. The second-order valence-electron chi connectivity index (χ2n) is 4.86. The summed E-state index contributed by atoms with van der Waals surface area (Å²) in [5.41, 5.74) is 0.686. The Morgan fingerprint density at radius 3 is 2.90 bits per heavy atom. The Morgan fingerprint density at radius 1 is 1.40 bits per heavy atom. The van der Waals surface area contributed by atoms with E-state index in [1.807, 2.05) is 0 Å². The predicted octanol–water partition coefficient (Wildman–Crippen LogP) is 3.17. The smallest absolute Gasteiger partial charge is 0.308 e. The second kappa shape index (κ2) is 6.52. The van der Waals surface area contributed by atoms with Crippen LogP contribution in [0.5, 0.6) is 0 Å². The van der Waals surface area contributed by atoms with Gasteiger partial charge >= 0.3 is 11.8 Å². The molecule has 0 saturated heterocycles. The number of benzene rings is 1. The molecule has 1 amide bonds. The number of rotatable bonds is 5. The summed E-state index contributed by atoms with van der Waals surface area (Å²) in [4.78, 5) is 11.8. The molecule has 0 unspecified atom stereocenters. The lowest BCUT2D eigenvalue weighted by atomic mass is 10.1. The SMILES string of the molecule is CC(C)CCNC(=O)c1nnc(-c2cccc(Cl)c2)o1. The molecule has 1 aromatic carbocycles. The number of amides is 1. The van der Waals surface area contributed by atoms with Crippen molar-refractivity contribution >= 4 is 17.5 Å². The third-order valence-electron chi connectivity index (χ3n) is 2.70. The lowest BCUT2D eigenvalue weighted by Crippen LogP contribution is -2.25. The van der Waals surface area contributed by atoms with E-state index in [2.05, 4.69) is 29.4 Å². The molecule has 2 aromatic rings. The highest BCUT2D eigenvalue weighted by Gasteiger charge is 2.15. The van der Waals surface area contributed by atoms with Gasteiger partial charge < -0.3 is 9.73 Å². The van der Waals surface area contributed by atoms with E-state index in [9.17, 15) is 4.79 Å². The van der Waals surface area contributed by atoms with Crippen molar-refractivity contribution < 1.29 is 9.21 Å². The zero-order valence-electron chi connectivity index (χ0n) is 11.4. The van der Waals surface area contributed by atoms with Gasteiger partial charge in [-0.1, -0.05) is 31.5 Å². The van der Waals surface area contributed by atoms with E-state index >= 15 is 0 Å². The van der Waals surface area contributed by atoms with Crippen LogP contribution in [0.25, 0.3) is 11.5 Å². The van der Waals surface area contributed by atoms with Gasteiger partial charge in [0.2, 0.25) is 5.89 Å². The molecule has 0 aliphatic heterocycles. The molecule has 0 bridgehead atoms. The van der Waals surface area contributed by atoms with Crippen molar-refractivity contribution in [3.8, 4) is 11.5 Å². The third-order valence-corrected chi connectivity index (χ3v) is 2.93. The maximum Gasteiger partial charge on any atom is 0.308 e. The highest BCUT2D eigenvalue weighted by Crippen LogP contribution is 2.21. The quantitative estimate of drug-likeness (QED) is 0.919. The Kier molecular flexibility index (Phi) is 4.74.